The minimum atomic E-state index is -0.356. The molecule has 3 rings (SSSR count). The van der Waals surface area contributed by atoms with Gasteiger partial charge in [-0.25, -0.2) is 14.6 Å². The van der Waals surface area contributed by atoms with Crippen LogP contribution >= 0.6 is 0 Å². The molecule has 2 heterocycles. The molecule has 1 saturated heterocycles. The highest BCUT2D eigenvalue weighted by molar-refractivity contribution is 5.98. The van der Waals surface area contributed by atoms with E-state index in [4.69, 9.17) is 14.5 Å². The van der Waals surface area contributed by atoms with Gasteiger partial charge in [0, 0.05) is 5.39 Å². The largest absolute Gasteiger partial charge is 0.465 e. The molecule has 1 N–H and O–H groups in total. The van der Waals surface area contributed by atoms with Gasteiger partial charge in [-0.3, -0.25) is 4.90 Å². The highest BCUT2D eigenvalue weighted by Gasteiger charge is 2.27. The van der Waals surface area contributed by atoms with Crippen LogP contribution in [-0.4, -0.2) is 61.8 Å². The molecule has 1 amide bonds. The smallest absolute Gasteiger partial charge is 0.410 e. The Morgan fingerprint density at radius 1 is 1.22 bits per heavy atom. The van der Waals surface area contributed by atoms with Crippen LogP contribution in [0.5, 0.6) is 0 Å². The van der Waals surface area contributed by atoms with Gasteiger partial charge in [-0.15, -0.1) is 0 Å². The SMILES string of the molecule is CCOC(=O)N1CC[NH+](Cc2nc3ccccc3c(C)c2C(=O)OC)CC1. The molecule has 1 aromatic carbocycles. The zero-order valence-electron chi connectivity index (χ0n) is 16.1. The first-order valence-electron chi connectivity index (χ1n) is 9.27. The molecule has 7 heteroatoms. The van der Waals surface area contributed by atoms with E-state index in [1.54, 1.807) is 4.90 Å². The Bertz CT molecular complexity index is 844. The number of quaternary nitrogens is 1. The molecule has 7 nitrogen and oxygen atoms in total. The first kappa shape index (κ1) is 19.1. The van der Waals surface area contributed by atoms with Crippen LogP contribution in [0, 0.1) is 6.92 Å². The highest BCUT2D eigenvalue weighted by Crippen LogP contribution is 2.23. The number of hydrogen-bond acceptors (Lipinski definition) is 5. The quantitative estimate of drug-likeness (QED) is 0.816. The van der Waals surface area contributed by atoms with Crippen molar-refractivity contribution < 1.29 is 24.0 Å². The molecule has 1 fully saturated rings. The normalized spacial score (nSPS) is 15.0. The number of amides is 1. The van der Waals surface area contributed by atoms with Gasteiger partial charge < -0.3 is 14.4 Å². The van der Waals surface area contributed by atoms with Crippen molar-refractivity contribution in [3.05, 3.63) is 41.1 Å². The van der Waals surface area contributed by atoms with E-state index in [9.17, 15) is 9.59 Å². The minimum Gasteiger partial charge on any atom is -0.465 e. The number of pyridine rings is 1. The van der Waals surface area contributed by atoms with Gasteiger partial charge in [0.15, 0.2) is 0 Å². The summed E-state index contributed by atoms with van der Waals surface area (Å²) in [6, 6.07) is 7.82. The molecule has 0 spiro atoms. The number of hydrogen-bond donors (Lipinski definition) is 1. The number of aryl methyl sites for hydroxylation is 1. The first-order chi connectivity index (χ1) is 13.0. The van der Waals surface area contributed by atoms with E-state index < -0.39 is 0 Å². The van der Waals surface area contributed by atoms with Crippen molar-refractivity contribution in [3.63, 3.8) is 0 Å². The van der Waals surface area contributed by atoms with Gasteiger partial charge in [-0.2, -0.15) is 0 Å². The standard InChI is InChI=1S/C20H25N3O4/c1-4-27-20(25)23-11-9-22(10-12-23)13-17-18(19(24)26-3)14(2)15-7-5-6-8-16(15)21-17/h5-8H,4,9-13H2,1-3H3/p+1. The van der Waals surface area contributed by atoms with Crippen molar-refractivity contribution in [1.29, 1.82) is 0 Å². The van der Waals surface area contributed by atoms with Crippen LogP contribution in [0.1, 0.15) is 28.5 Å². The number of benzene rings is 1. The van der Waals surface area contributed by atoms with E-state index in [0.717, 1.165) is 35.2 Å². The third-order valence-electron chi connectivity index (χ3n) is 5.03. The summed E-state index contributed by atoms with van der Waals surface area (Å²) in [4.78, 5) is 32.0. The predicted molar refractivity (Wildman–Crippen MR) is 101 cm³/mol. The van der Waals surface area contributed by atoms with E-state index in [1.807, 2.05) is 38.1 Å². The van der Waals surface area contributed by atoms with E-state index in [0.29, 0.717) is 31.8 Å². The monoisotopic (exact) mass is 372 g/mol. The zero-order valence-corrected chi connectivity index (χ0v) is 16.1. The fraction of sp³-hybridized carbons (Fsp3) is 0.450. The Labute approximate surface area is 158 Å². The molecule has 2 aromatic rings. The van der Waals surface area contributed by atoms with Crippen LogP contribution in [0.2, 0.25) is 0 Å². The Balaban J connectivity index is 1.82. The Morgan fingerprint density at radius 3 is 2.59 bits per heavy atom. The lowest BCUT2D eigenvalue weighted by atomic mass is 10.0. The number of nitrogens with one attached hydrogen (secondary N) is 1. The van der Waals surface area contributed by atoms with E-state index in [2.05, 4.69) is 0 Å². The summed E-state index contributed by atoms with van der Waals surface area (Å²) in [7, 11) is 1.39. The molecule has 27 heavy (non-hydrogen) atoms. The maximum atomic E-state index is 12.4. The average molecular weight is 372 g/mol. The summed E-state index contributed by atoms with van der Waals surface area (Å²) in [5, 5.41) is 0.962. The number of rotatable bonds is 4. The number of carbonyl (C=O) groups excluding carboxylic acids is 2. The molecule has 1 aliphatic rings. The number of methoxy groups -OCH3 is 1. The molecular weight excluding hydrogens is 346 g/mol. The highest BCUT2D eigenvalue weighted by atomic mass is 16.6. The van der Waals surface area contributed by atoms with Gasteiger partial charge in [0.25, 0.3) is 0 Å². The Morgan fingerprint density at radius 2 is 1.93 bits per heavy atom. The van der Waals surface area contributed by atoms with Crippen LogP contribution in [0.3, 0.4) is 0 Å². The van der Waals surface area contributed by atoms with Crippen molar-refractivity contribution in [2.24, 2.45) is 0 Å². The van der Waals surface area contributed by atoms with E-state index in [1.165, 1.54) is 12.0 Å². The second-order valence-corrected chi connectivity index (χ2v) is 6.68. The zero-order chi connectivity index (χ0) is 19.4. The fourth-order valence-corrected chi connectivity index (χ4v) is 3.58. The number of fused-ring (bicyclic) bond motifs is 1. The van der Waals surface area contributed by atoms with Crippen molar-refractivity contribution in [3.8, 4) is 0 Å². The van der Waals surface area contributed by atoms with Crippen LogP contribution < -0.4 is 4.90 Å². The lowest BCUT2D eigenvalue weighted by Gasteiger charge is -2.31. The third kappa shape index (κ3) is 4.03. The number of para-hydroxylation sites is 1. The molecule has 1 aromatic heterocycles. The van der Waals surface area contributed by atoms with Crippen molar-refractivity contribution in [2.75, 3.05) is 39.9 Å². The number of ether oxygens (including phenoxy) is 2. The first-order valence-corrected chi connectivity index (χ1v) is 9.27. The summed E-state index contributed by atoms with van der Waals surface area (Å²) in [6.07, 6.45) is -0.258. The molecule has 0 saturated carbocycles. The van der Waals surface area contributed by atoms with Gasteiger partial charge in [-0.1, -0.05) is 18.2 Å². The van der Waals surface area contributed by atoms with E-state index >= 15 is 0 Å². The number of esters is 1. The summed E-state index contributed by atoms with van der Waals surface area (Å²) in [5.41, 5.74) is 3.07. The van der Waals surface area contributed by atoms with Crippen LogP contribution in [-0.2, 0) is 16.0 Å². The van der Waals surface area contributed by atoms with Crippen molar-refractivity contribution in [2.45, 2.75) is 20.4 Å². The van der Waals surface area contributed by atoms with Crippen LogP contribution in [0.4, 0.5) is 4.79 Å². The van der Waals surface area contributed by atoms with Crippen molar-refractivity contribution in [1.82, 2.24) is 9.88 Å². The number of carbonyl (C=O) groups is 2. The number of nitrogens with zero attached hydrogens (tertiary/aromatic N) is 2. The Kier molecular flexibility index (Phi) is 5.91. The van der Waals surface area contributed by atoms with E-state index in [-0.39, 0.29) is 12.1 Å². The summed E-state index contributed by atoms with van der Waals surface area (Å²) < 4.78 is 10.1. The second-order valence-electron chi connectivity index (χ2n) is 6.68. The van der Waals surface area contributed by atoms with Crippen molar-refractivity contribution >= 4 is 23.0 Å². The third-order valence-corrected chi connectivity index (χ3v) is 5.03. The van der Waals surface area contributed by atoms with Crippen LogP contribution in [0.15, 0.2) is 24.3 Å². The number of piperazine rings is 1. The summed E-state index contributed by atoms with van der Waals surface area (Å²) in [5.74, 6) is -0.356. The molecule has 0 radical (unpaired) electrons. The molecular formula is C20H26N3O4+. The molecule has 1 aliphatic heterocycles. The molecule has 0 unspecified atom stereocenters. The molecule has 144 valence electrons. The molecule has 0 atom stereocenters. The minimum absolute atomic E-state index is 0.258. The number of aromatic nitrogens is 1. The van der Waals surface area contributed by atoms with Crippen LogP contribution in [0.25, 0.3) is 10.9 Å². The van der Waals surface area contributed by atoms with Gasteiger partial charge in [0.2, 0.25) is 0 Å². The predicted octanol–water partition coefficient (Wildman–Crippen LogP) is 1.19. The summed E-state index contributed by atoms with van der Waals surface area (Å²) >= 11 is 0. The maximum Gasteiger partial charge on any atom is 0.410 e. The van der Waals surface area contributed by atoms with Gasteiger partial charge in [-0.05, 0) is 25.5 Å². The lowest BCUT2D eigenvalue weighted by molar-refractivity contribution is -0.918. The average Bonchev–Trinajstić information content (AvgIpc) is 2.68. The molecule has 0 bridgehead atoms. The van der Waals surface area contributed by atoms with Gasteiger partial charge >= 0.3 is 12.1 Å². The molecule has 0 aliphatic carbocycles. The maximum absolute atomic E-state index is 12.4. The Hall–Kier alpha value is -2.67. The second kappa shape index (κ2) is 8.35. The lowest BCUT2D eigenvalue weighted by Crippen LogP contribution is -3.13. The summed E-state index contributed by atoms with van der Waals surface area (Å²) in [6.45, 7) is 7.58. The fourth-order valence-electron chi connectivity index (χ4n) is 3.58. The van der Waals surface area contributed by atoms with Gasteiger partial charge in [0.1, 0.15) is 12.2 Å². The topological polar surface area (TPSA) is 73.2 Å². The van der Waals surface area contributed by atoms with Gasteiger partial charge in [0.05, 0.1) is 51.0 Å².